The van der Waals surface area contributed by atoms with Crippen molar-refractivity contribution in [1.82, 2.24) is 9.55 Å². The molecule has 5 nitrogen and oxygen atoms in total. The summed E-state index contributed by atoms with van der Waals surface area (Å²) in [4.78, 5) is 14.9. The van der Waals surface area contributed by atoms with Gasteiger partial charge in [-0.15, -0.1) is 34.9 Å². The van der Waals surface area contributed by atoms with Crippen molar-refractivity contribution in [2.75, 3.05) is 7.11 Å². The molecule has 0 aliphatic heterocycles. The molecule has 0 bridgehead atoms. The third-order valence-electron chi connectivity index (χ3n) is 4.70. The second kappa shape index (κ2) is 11.6. The summed E-state index contributed by atoms with van der Waals surface area (Å²) >= 11 is 0. The average Bonchev–Trinajstić information content (AvgIpc) is 3.26. The van der Waals surface area contributed by atoms with Gasteiger partial charge in [-0.25, -0.2) is 0 Å². The maximum absolute atomic E-state index is 10.0. The molecule has 0 amide bonds. The Labute approximate surface area is 208 Å². The molecule has 4 rings (SSSR count). The number of allylic oxidation sites excluding steroid dienone is 2. The first-order chi connectivity index (χ1) is 15.3. The Morgan fingerprint density at radius 1 is 1.09 bits per heavy atom. The van der Waals surface area contributed by atoms with Gasteiger partial charge >= 0.3 is 0 Å². The predicted molar refractivity (Wildman–Crippen MR) is 128 cm³/mol. The number of methoxy groups -OCH3 is 1. The summed E-state index contributed by atoms with van der Waals surface area (Å²) in [6.45, 7) is 6.98. The number of benzene rings is 2. The molecule has 4 aromatic rings. The van der Waals surface area contributed by atoms with Crippen molar-refractivity contribution in [3.8, 4) is 22.7 Å². The van der Waals surface area contributed by atoms with Crippen LogP contribution in [0.4, 0.5) is 0 Å². The van der Waals surface area contributed by atoms with E-state index in [1.807, 2.05) is 37.5 Å². The monoisotopic (exact) mass is 620 g/mol. The summed E-state index contributed by atoms with van der Waals surface area (Å²) in [5.74, 6) is 0.704. The van der Waals surface area contributed by atoms with Crippen LogP contribution < -0.4 is 4.74 Å². The molecule has 0 saturated heterocycles. The molecule has 6 heteroatoms. The number of nitrogens with zero attached hydrogens (tertiary/aromatic N) is 2. The molecule has 2 aromatic carbocycles. The Morgan fingerprint density at radius 2 is 1.79 bits per heavy atom. The van der Waals surface area contributed by atoms with E-state index in [9.17, 15) is 4.79 Å². The molecule has 1 N–H and O–H groups in total. The van der Waals surface area contributed by atoms with Crippen LogP contribution in [0.2, 0.25) is 0 Å². The van der Waals surface area contributed by atoms with Gasteiger partial charge in [-0.05, 0) is 44.2 Å². The first-order valence-electron chi connectivity index (χ1n) is 10.3. The van der Waals surface area contributed by atoms with Crippen molar-refractivity contribution in [3.05, 3.63) is 90.0 Å². The minimum Gasteiger partial charge on any atom is -0.512 e. The van der Waals surface area contributed by atoms with Crippen LogP contribution in [-0.2, 0) is 24.9 Å². The maximum Gasteiger partial charge on any atom is 0.155 e. The standard InChI is InChI=1S/C22H19N2O.C5H8O2.Ir/c1-15-10-16(2)12-18(11-15)22-21(25-3)13-17-6-7-19(14-20(17)23-22)24-8-4-5-9-24;1-4(6)3-5(2)7;/h4-11,13-14H,1-3H3;3,6H,1-2H3;/q-1;;/b;4-3-;. The van der Waals surface area contributed by atoms with Crippen LogP contribution in [0.1, 0.15) is 25.0 Å². The van der Waals surface area contributed by atoms with Gasteiger partial charge in [0.2, 0.25) is 0 Å². The van der Waals surface area contributed by atoms with E-state index < -0.39 is 0 Å². The SMILES string of the molecule is CC(=O)/C=C(/C)O.COc1cc2ccc(-n3cccc3)cc2nc1-c1[c-]c(C)cc(C)c1.[Ir]. The molecule has 2 heterocycles. The first kappa shape index (κ1) is 26.0. The van der Waals surface area contributed by atoms with Crippen LogP contribution in [0, 0.1) is 19.9 Å². The molecule has 0 saturated carbocycles. The van der Waals surface area contributed by atoms with Crippen LogP contribution in [-0.4, -0.2) is 27.6 Å². The van der Waals surface area contributed by atoms with Crippen LogP contribution in [0.3, 0.4) is 0 Å². The van der Waals surface area contributed by atoms with Gasteiger partial charge in [0.25, 0.3) is 0 Å². The Hall–Kier alpha value is -3.21. The topological polar surface area (TPSA) is 64.3 Å². The van der Waals surface area contributed by atoms with E-state index in [1.165, 1.54) is 25.5 Å². The van der Waals surface area contributed by atoms with Gasteiger partial charge in [0.15, 0.2) is 5.78 Å². The minimum absolute atomic E-state index is 0. The van der Waals surface area contributed by atoms with E-state index >= 15 is 0 Å². The Bertz CT molecular complexity index is 1250. The summed E-state index contributed by atoms with van der Waals surface area (Å²) in [5, 5.41) is 9.42. The number of hydrogen-bond acceptors (Lipinski definition) is 4. The van der Waals surface area contributed by atoms with E-state index in [0.717, 1.165) is 39.2 Å². The number of pyridine rings is 1. The number of rotatable bonds is 4. The first-order valence-corrected chi connectivity index (χ1v) is 10.3. The number of ether oxygens (including phenoxy) is 1. The normalized spacial score (nSPS) is 10.8. The third kappa shape index (κ3) is 6.88. The van der Waals surface area contributed by atoms with Crippen LogP contribution >= 0.6 is 0 Å². The van der Waals surface area contributed by atoms with Gasteiger partial charge in [0, 0.05) is 55.3 Å². The molecule has 0 fully saturated rings. The van der Waals surface area contributed by atoms with Gasteiger partial charge in [0.05, 0.1) is 18.4 Å². The van der Waals surface area contributed by atoms with E-state index in [2.05, 4.69) is 47.9 Å². The summed E-state index contributed by atoms with van der Waals surface area (Å²) in [6, 6.07) is 19.9. The maximum atomic E-state index is 10.0. The second-order valence-electron chi connectivity index (χ2n) is 7.66. The number of ketones is 1. The van der Waals surface area contributed by atoms with Crippen molar-refractivity contribution < 1.29 is 34.7 Å². The van der Waals surface area contributed by atoms with Crippen molar-refractivity contribution in [1.29, 1.82) is 0 Å². The largest absolute Gasteiger partial charge is 0.512 e. The van der Waals surface area contributed by atoms with E-state index in [1.54, 1.807) is 7.11 Å². The van der Waals surface area contributed by atoms with Crippen molar-refractivity contribution in [2.24, 2.45) is 0 Å². The minimum atomic E-state index is -0.125. The molecule has 173 valence electrons. The fraction of sp³-hybridized carbons (Fsp3) is 0.185. The zero-order valence-electron chi connectivity index (χ0n) is 19.3. The predicted octanol–water partition coefficient (Wildman–Crippen LogP) is 6.15. The number of aliphatic hydroxyl groups excluding tert-OH is 1. The number of carbonyl (C=O) groups is 1. The number of aromatic nitrogens is 2. The Kier molecular flexibility index (Phi) is 9.15. The number of hydrogen-bond donors (Lipinski definition) is 1. The van der Waals surface area contributed by atoms with Crippen LogP contribution in [0.15, 0.2) is 72.8 Å². The van der Waals surface area contributed by atoms with Crippen molar-refractivity contribution in [3.63, 3.8) is 0 Å². The van der Waals surface area contributed by atoms with Crippen LogP contribution in [0.5, 0.6) is 5.75 Å². The molecule has 0 aliphatic carbocycles. The number of aliphatic hydroxyl groups is 1. The smallest absolute Gasteiger partial charge is 0.155 e. The fourth-order valence-electron chi connectivity index (χ4n) is 3.47. The zero-order valence-corrected chi connectivity index (χ0v) is 21.7. The molecule has 33 heavy (non-hydrogen) atoms. The van der Waals surface area contributed by atoms with Gasteiger partial charge in [-0.1, -0.05) is 19.9 Å². The summed E-state index contributed by atoms with van der Waals surface area (Å²) in [6.07, 6.45) is 5.23. The summed E-state index contributed by atoms with van der Waals surface area (Å²) < 4.78 is 7.68. The van der Waals surface area contributed by atoms with Crippen molar-refractivity contribution in [2.45, 2.75) is 27.7 Å². The molecule has 0 atom stereocenters. The van der Waals surface area contributed by atoms with Gasteiger partial charge in [-0.3, -0.25) is 9.78 Å². The fourth-order valence-corrected chi connectivity index (χ4v) is 3.47. The average molecular weight is 620 g/mol. The number of fused-ring (bicyclic) bond motifs is 1. The molecular weight excluding hydrogens is 593 g/mol. The molecular formula is C27H27IrN2O3-. The quantitative estimate of drug-likeness (QED) is 0.169. The van der Waals surface area contributed by atoms with Gasteiger partial charge < -0.3 is 14.4 Å². The molecule has 1 radical (unpaired) electrons. The van der Waals surface area contributed by atoms with Crippen LogP contribution in [0.25, 0.3) is 27.8 Å². The van der Waals surface area contributed by atoms with E-state index in [4.69, 9.17) is 14.8 Å². The summed E-state index contributed by atoms with van der Waals surface area (Å²) in [7, 11) is 1.68. The Balaban J connectivity index is 0.000000423. The van der Waals surface area contributed by atoms with Gasteiger partial charge in [0.1, 0.15) is 5.75 Å². The molecule has 0 unspecified atom stereocenters. The second-order valence-corrected chi connectivity index (χ2v) is 7.66. The summed E-state index contributed by atoms with van der Waals surface area (Å²) in [5.41, 5.74) is 6.10. The molecule has 0 aliphatic rings. The zero-order chi connectivity index (χ0) is 23.3. The Morgan fingerprint density at radius 3 is 2.33 bits per heavy atom. The van der Waals surface area contributed by atoms with Crippen molar-refractivity contribution >= 4 is 16.7 Å². The molecule has 0 spiro atoms. The van der Waals surface area contributed by atoms with E-state index in [0.29, 0.717) is 0 Å². The number of aryl methyl sites for hydroxylation is 2. The number of carbonyl (C=O) groups excluding carboxylic acids is 1. The van der Waals surface area contributed by atoms with E-state index in [-0.39, 0.29) is 31.6 Å². The third-order valence-corrected chi connectivity index (χ3v) is 4.70. The molecule has 2 aromatic heterocycles. The van der Waals surface area contributed by atoms with Gasteiger partial charge in [-0.2, -0.15) is 0 Å².